The number of phenolic OH excluding ortho intramolecular Hbond substituents is 1. The van der Waals surface area contributed by atoms with Gasteiger partial charge in [-0.3, -0.25) is 9.59 Å². The van der Waals surface area contributed by atoms with E-state index < -0.39 is 29.7 Å². The molecule has 0 aromatic heterocycles. The molecular formula is C30H34F2N2O4. The first-order valence-electron chi connectivity index (χ1n) is 12.7. The number of carbonyl (C=O) groups excluding carboxylic acids is 2. The topological polar surface area (TPSA) is 98.7 Å². The summed E-state index contributed by atoms with van der Waals surface area (Å²) in [5, 5.41) is 26.7. The normalized spacial score (nSPS) is 12.7. The lowest BCUT2D eigenvalue weighted by Gasteiger charge is -2.25. The number of phenols is 1. The second-order valence-electron chi connectivity index (χ2n) is 9.47. The van der Waals surface area contributed by atoms with Crippen LogP contribution in [-0.2, 0) is 24.2 Å². The van der Waals surface area contributed by atoms with Crippen LogP contribution in [0.15, 0.2) is 60.7 Å². The van der Waals surface area contributed by atoms with Crippen LogP contribution in [0.5, 0.6) is 5.75 Å². The van der Waals surface area contributed by atoms with Gasteiger partial charge in [0.15, 0.2) is 5.78 Å². The summed E-state index contributed by atoms with van der Waals surface area (Å²) in [7, 11) is 0. The fourth-order valence-corrected chi connectivity index (χ4v) is 4.25. The first kappa shape index (κ1) is 28.9. The number of hydrogen-bond donors (Lipinski definition) is 4. The van der Waals surface area contributed by atoms with E-state index in [-0.39, 0.29) is 48.5 Å². The number of hydrogen-bond acceptors (Lipinski definition) is 5. The average molecular weight is 525 g/mol. The Hall–Kier alpha value is -3.62. The van der Waals surface area contributed by atoms with Gasteiger partial charge in [-0.1, -0.05) is 42.8 Å². The van der Waals surface area contributed by atoms with E-state index in [0.717, 1.165) is 35.7 Å². The molecule has 0 aliphatic rings. The molecule has 0 saturated heterocycles. The number of rotatable bonds is 13. The van der Waals surface area contributed by atoms with E-state index in [2.05, 4.69) is 23.6 Å². The molecule has 3 rings (SSSR count). The first-order chi connectivity index (χ1) is 18.1. The maximum absolute atomic E-state index is 13.8. The standard InChI is InChI=1S/C30H34F2N2O4/c1-3-20-5-4-6-21(12-20)17-33-18-29(37)26(15-22-13-23(31)16-24(32)14-22)34-30(38)10-9-28(36)25-11-19(2)7-8-27(25)35/h4-8,11-14,16,26,29,33,35,37H,3,9-10,15,17-18H2,1-2H3,(H,34,38)/t26-,29+/m0/s1. The Bertz CT molecular complexity index is 1240. The average Bonchev–Trinajstić information content (AvgIpc) is 2.87. The smallest absolute Gasteiger partial charge is 0.220 e. The molecule has 3 aromatic rings. The number of aromatic hydroxyl groups is 1. The van der Waals surface area contributed by atoms with Gasteiger partial charge in [0.2, 0.25) is 5.91 Å². The number of aryl methyl sites for hydroxylation is 2. The lowest BCUT2D eigenvalue weighted by atomic mass is 9.99. The minimum atomic E-state index is -1.07. The highest BCUT2D eigenvalue weighted by molar-refractivity contribution is 6.00. The van der Waals surface area contributed by atoms with E-state index in [1.807, 2.05) is 18.2 Å². The summed E-state index contributed by atoms with van der Waals surface area (Å²) in [4.78, 5) is 25.3. The monoisotopic (exact) mass is 524 g/mol. The number of benzene rings is 3. The van der Waals surface area contributed by atoms with Gasteiger partial charge in [-0.25, -0.2) is 8.78 Å². The third-order valence-electron chi connectivity index (χ3n) is 6.30. The van der Waals surface area contributed by atoms with Gasteiger partial charge in [0, 0.05) is 32.0 Å². The van der Waals surface area contributed by atoms with Crippen LogP contribution in [0.25, 0.3) is 0 Å². The molecule has 6 nitrogen and oxygen atoms in total. The van der Waals surface area contributed by atoms with E-state index >= 15 is 0 Å². The molecule has 202 valence electrons. The fraction of sp³-hybridized carbons (Fsp3) is 0.333. The maximum Gasteiger partial charge on any atom is 0.220 e. The van der Waals surface area contributed by atoms with Crippen molar-refractivity contribution in [1.82, 2.24) is 10.6 Å². The zero-order valence-electron chi connectivity index (χ0n) is 21.6. The van der Waals surface area contributed by atoms with Crippen LogP contribution in [0.1, 0.15) is 52.4 Å². The largest absolute Gasteiger partial charge is 0.507 e. The molecule has 0 unspecified atom stereocenters. The Morgan fingerprint density at radius 1 is 0.921 bits per heavy atom. The van der Waals surface area contributed by atoms with Gasteiger partial charge in [-0.2, -0.15) is 0 Å². The van der Waals surface area contributed by atoms with Crippen LogP contribution >= 0.6 is 0 Å². The maximum atomic E-state index is 13.8. The second kappa shape index (κ2) is 13.8. The van der Waals surface area contributed by atoms with Crippen molar-refractivity contribution in [1.29, 1.82) is 0 Å². The molecule has 4 N–H and O–H groups in total. The Kier molecular flexibility index (Phi) is 10.5. The van der Waals surface area contributed by atoms with Gasteiger partial charge in [0.25, 0.3) is 0 Å². The predicted molar refractivity (Wildman–Crippen MR) is 142 cm³/mol. The molecule has 2 atom stereocenters. The van der Waals surface area contributed by atoms with Crippen LogP contribution in [0.3, 0.4) is 0 Å². The molecule has 0 bridgehead atoms. The molecule has 0 aliphatic heterocycles. The Balaban J connectivity index is 1.64. The first-order valence-corrected chi connectivity index (χ1v) is 12.7. The van der Waals surface area contributed by atoms with E-state index in [1.165, 1.54) is 11.6 Å². The molecule has 0 spiro atoms. The molecule has 8 heteroatoms. The quantitative estimate of drug-likeness (QED) is 0.249. The number of ketones is 1. The minimum absolute atomic E-state index is 0.0127. The molecule has 0 saturated carbocycles. The molecule has 0 aliphatic carbocycles. The van der Waals surface area contributed by atoms with Gasteiger partial charge in [-0.15, -0.1) is 0 Å². The van der Waals surface area contributed by atoms with Crippen molar-refractivity contribution in [2.24, 2.45) is 0 Å². The highest BCUT2D eigenvalue weighted by atomic mass is 19.1. The molecule has 38 heavy (non-hydrogen) atoms. The summed E-state index contributed by atoms with van der Waals surface area (Å²) in [6.45, 7) is 4.47. The zero-order chi connectivity index (χ0) is 27.7. The van der Waals surface area contributed by atoms with Crippen molar-refractivity contribution in [3.8, 4) is 5.75 Å². The summed E-state index contributed by atoms with van der Waals surface area (Å²) >= 11 is 0. The highest BCUT2D eigenvalue weighted by Gasteiger charge is 2.23. The lowest BCUT2D eigenvalue weighted by molar-refractivity contribution is -0.122. The number of aliphatic hydroxyl groups excluding tert-OH is 1. The Morgan fingerprint density at radius 2 is 1.63 bits per heavy atom. The third kappa shape index (κ3) is 8.75. The summed E-state index contributed by atoms with van der Waals surface area (Å²) in [6.07, 6.45) is -0.505. The van der Waals surface area contributed by atoms with Crippen LogP contribution in [0.2, 0.25) is 0 Å². The van der Waals surface area contributed by atoms with E-state index in [1.54, 1.807) is 19.1 Å². The number of aliphatic hydroxyl groups is 1. The molecular weight excluding hydrogens is 490 g/mol. The number of Topliss-reactive ketones (excluding diaryl/α,β-unsaturated/α-hetero) is 1. The predicted octanol–water partition coefficient (Wildman–Crippen LogP) is 4.38. The summed E-state index contributed by atoms with van der Waals surface area (Å²) in [6, 6.07) is 14.9. The highest BCUT2D eigenvalue weighted by Crippen LogP contribution is 2.20. The van der Waals surface area contributed by atoms with Crippen molar-refractivity contribution in [3.63, 3.8) is 0 Å². The van der Waals surface area contributed by atoms with Crippen LogP contribution in [0, 0.1) is 18.6 Å². The fourth-order valence-electron chi connectivity index (χ4n) is 4.25. The van der Waals surface area contributed by atoms with E-state index in [4.69, 9.17) is 0 Å². The van der Waals surface area contributed by atoms with Gasteiger partial charge < -0.3 is 20.8 Å². The van der Waals surface area contributed by atoms with Crippen LogP contribution in [-0.4, -0.2) is 40.6 Å². The van der Waals surface area contributed by atoms with Crippen molar-refractivity contribution < 1.29 is 28.6 Å². The zero-order valence-corrected chi connectivity index (χ0v) is 21.6. The van der Waals surface area contributed by atoms with E-state index in [9.17, 15) is 28.6 Å². The molecule has 0 fully saturated rings. The number of carbonyl (C=O) groups is 2. The van der Waals surface area contributed by atoms with Crippen LogP contribution < -0.4 is 10.6 Å². The van der Waals surface area contributed by atoms with Crippen LogP contribution in [0.4, 0.5) is 8.78 Å². The second-order valence-corrected chi connectivity index (χ2v) is 9.47. The summed E-state index contributed by atoms with van der Waals surface area (Å²) in [5.74, 6) is -2.55. The number of halogens is 2. The molecule has 1 amide bonds. The van der Waals surface area contributed by atoms with E-state index in [0.29, 0.717) is 6.54 Å². The van der Waals surface area contributed by atoms with Crippen molar-refractivity contribution in [2.75, 3.05) is 6.54 Å². The van der Waals surface area contributed by atoms with Gasteiger partial charge in [0.05, 0.1) is 17.7 Å². The molecule has 0 radical (unpaired) electrons. The van der Waals surface area contributed by atoms with Gasteiger partial charge in [-0.05, 0) is 60.7 Å². The molecule has 0 heterocycles. The molecule has 3 aromatic carbocycles. The number of amides is 1. The SMILES string of the molecule is CCc1cccc(CNC[C@@H](O)[C@H](Cc2cc(F)cc(F)c2)NC(=O)CCC(=O)c2cc(C)ccc2O)c1. The van der Waals surface area contributed by atoms with Crippen molar-refractivity contribution in [3.05, 3.63) is 100 Å². The summed E-state index contributed by atoms with van der Waals surface area (Å²) < 4.78 is 27.5. The van der Waals surface area contributed by atoms with Crippen molar-refractivity contribution in [2.45, 2.75) is 58.2 Å². The number of nitrogens with one attached hydrogen (secondary N) is 2. The minimum Gasteiger partial charge on any atom is -0.507 e. The Labute approximate surface area is 221 Å². The lowest BCUT2D eigenvalue weighted by Crippen LogP contribution is -2.48. The third-order valence-corrected chi connectivity index (χ3v) is 6.30. The van der Waals surface area contributed by atoms with Gasteiger partial charge >= 0.3 is 0 Å². The summed E-state index contributed by atoms with van der Waals surface area (Å²) in [5.41, 5.74) is 3.46. The Morgan fingerprint density at radius 3 is 2.34 bits per heavy atom. The van der Waals surface area contributed by atoms with Crippen molar-refractivity contribution >= 4 is 11.7 Å². The van der Waals surface area contributed by atoms with Gasteiger partial charge in [0.1, 0.15) is 17.4 Å².